The molecule has 0 radical (unpaired) electrons. The fourth-order valence-corrected chi connectivity index (χ4v) is 6.49. The van der Waals surface area contributed by atoms with Crippen LogP contribution in [0.1, 0.15) is 54.7 Å². The summed E-state index contributed by atoms with van der Waals surface area (Å²) in [6.45, 7) is 5.36. The van der Waals surface area contributed by atoms with E-state index in [9.17, 15) is 22.8 Å². The average Bonchev–Trinajstić information content (AvgIpc) is 3.59. The van der Waals surface area contributed by atoms with E-state index in [4.69, 9.17) is 16.3 Å². The Morgan fingerprint density at radius 1 is 1.05 bits per heavy atom. The molecule has 44 heavy (non-hydrogen) atoms. The van der Waals surface area contributed by atoms with Gasteiger partial charge in [0.1, 0.15) is 17.4 Å². The van der Waals surface area contributed by atoms with Gasteiger partial charge in [0.15, 0.2) is 0 Å². The Kier molecular flexibility index (Phi) is 8.75. The first-order valence-electron chi connectivity index (χ1n) is 15.1. The third kappa shape index (κ3) is 6.11. The molecule has 8 nitrogen and oxygen atoms in total. The Morgan fingerprint density at radius 3 is 2.43 bits per heavy atom. The van der Waals surface area contributed by atoms with Crippen molar-refractivity contribution in [3.05, 3.63) is 64.9 Å². The van der Waals surface area contributed by atoms with E-state index in [-0.39, 0.29) is 24.1 Å². The minimum absolute atomic E-state index is 0.0693. The number of nitrogens with zero attached hydrogens (tertiary/aromatic N) is 5. The summed E-state index contributed by atoms with van der Waals surface area (Å²) in [4.78, 5) is 30.9. The summed E-state index contributed by atoms with van der Waals surface area (Å²) in [7, 11) is 0. The molecule has 2 aromatic carbocycles. The van der Waals surface area contributed by atoms with Crippen LogP contribution in [0.15, 0.2) is 48.7 Å². The number of carbonyl (C=O) groups is 2. The lowest BCUT2D eigenvalue weighted by molar-refractivity contribution is -0.133. The van der Waals surface area contributed by atoms with E-state index >= 15 is 0 Å². The van der Waals surface area contributed by atoms with Crippen LogP contribution >= 0.6 is 11.6 Å². The van der Waals surface area contributed by atoms with Gasteiger partial charge in [-0.05, 0) is 56.0 Å². The Labute approximate surface area is 259 Å². The van der Waals surface area contributed by atoms with Crippen molar-refractivity contribution in [1.29, 1.82) is 0 Å². The lowest BCUT2D eigenvalue weighted by Gasteiger charge is -2.37. The minimum atomic E-state index is -2.88. The Balaban J connectivity index is 1.19. The summed E-state index contributed by atoms with van der Waals surface area (Å²) in [6, 6.07) is 13.5. The Bertz CT molecular complexity index is 1510. The van der Waals surface area contributed by atoms with Crippen LogP contribution in [-0.4, -0.2) is 78.6 Å². The zero-order valence-electron chi connectivity index (χ0n) is 24.5. The number of esters is 1. The molecule has 0 N–H and O–H groups in total. The zero-order chi connectivity index (χ0) is 31.0. The lowest BCUT2D eigenvalue weighted by Crippen LogP contribution is -2.49. The Morgan fingerprint density at radius 2 is 1.77 bits per heavy atom. The number of piperazine rings is 1. The van der Waals surface area contributed by atoms with Gasteiger partial charge in [-0.1, -0.05) is 29.8 Å². The first kappa shape index (κ1) is 30.3. The number of piperidine rings is 1. The second-order valence-electron chi connectivity index (χ2n) is 11.5. The van der Waals surface area contributed by atoms with Crippen LogP contribution in [0.3, 0.4) is 0 Å². The molecule has 3 heterocycles. The van der Waals surface area contributed by atoms with Crippen LogP contribution < -0.4 is 9.80 Å². The summed E-state index contributed by atoms with van der Waals surface area (Å²) in [5, 5.41) is 4.78. The van der Waals surface area contributed by atoms with Crippen molar-refractivity contribution in [3.63, 3.8) is 0 Å². The maximum absolute atomic E-state index is 14.2. The summed E-state index contributed by atoms with van der Waals surface area (Å²) < 4.78 is 48.0. The number of halogens is 4. The summed E-state index contributed by atoms with van der Waals surface area (Å²) in [5.74, 6) is -1.32. The standard InChI is InChI=1S/C32H35ClF3N5O3/c1-2-44-32(43)26-18-37-41(29(26)30(35)36)23-4-3-11-40(19-23)28-16-21(33)7-10-24(28)20-5-8-22(9-6-20)38-12-14-39(15-13-38)31(42)25-17-27(25)34/h5-10,16,18,23,25,27,30H,2-4,11-15,17,19H2,1H3. The first-order chi connectivity index (χ1) is 21.2. The van der Waals surface area contributed by atoms with Gasteiger partial charge in [-0.3, -0.25) is 9.48 Å². The number of anilines is 2. The van der Waals surface area contributed by atoms with Gasteiger partial charge in [0.2, 0.25) is 5.91 Å². The van der Waals surface area contributed by atoms with E-state index < -0.39 is 30.2 Å². The molecule has 3 atom stereocenters. The highest BCUT2D eigenvalue weighted by atomic mass is 35.5. The molecule has 1 aliphatic carbocycles. The number of hydrogen-bond donors (Lipinski definition) is 0. The van der Waals surface area contributed by atoms with Crippen LogP contribution in [-0.2, 0) is 9.53 Å². The molecule has 1 aromatic heterocycles. The second-order valence-corrected chi connectivity index (χ2v) is 12.0. The third-order valence-corrected chi connectivity index (χ3v) is 8.98. The number of carbonyl (C=O) groups excluding carboxylic acids is 2. The highest BCUT2D eigenvalue weighted by Gasteiger charge is 2.46. The predicted octanol–water partition coefficient (Wildman–Crippen LogP) is 6.17. The summed E-state index contributed by atoms with van der Waals surface area (Å²) in [5.41, 5.74) is 3.26. The SMILES string of the molecule is CCOC(=O)c1cnn(C2CCCN(c3cc(Cl)ccc3-c3ccc(N4CCN(C(=O)C5CC5F)CC4)cc3)C2)c1C(F)F. The van der Waals surface area contributed by atoms with Crippen molar-refractivity contribution in [1.82, 2.24) is 14.7 Å². The fourth-order valence-electron chi connectivity index (χ4n) is 6.32. The highest BCUT2D eigenvalue weighted by Crippen LogP contribution is 2.39. The molecule has 2 saturated heterocycles. The molecular formula is C32H35ClF3N5O3. The molecule has 3 unspecified atom stereocenters. The third-order valence-electron chi connectivity index (χ3n) is 8.74. The molecule has 3 aliphatic rings. The van der Waals surface area contributed by atoms with Crippen LogP contribution in [0.5, 0.6) is 0 Å². The molecule has 3 fully saturated rings. The van der Waals surface area contributed by atoms with Gasteiger partial charge in [0.05, 0.1) is 24.8 Å². The number of amides is 1. The molecular weight excluding hydrogens is 595 g/mol. The van der Waals surface area contributed by atoms with Crippen molar-refractivity contribution in [2.45, 2.75) is 44.8 Å². The van der Waals surface area contributed by atoms with E-state index in [2.05, 4.69) is 27.0 Å². The van der Waals surface area contributed by atoms with Gasteiger partial charge in [0.25, 0.3) is 6.43 Å². The quantitative estimate of drug-likeness (QED) is 0.278. The molecule has 0 bridgehead atoms. The van der Waals surface area contributed by atoms with Crippen LogP contribution in [0.25, 0.3) is 11.1 Å². The molecule has 2 aliphatic heterocycles. The van der Waals surface area contributed by atoms with Crippen molar-refractivity contribution >= 4 is 34.9 Å². The smallest absolute Gasteiger partial charge is 0.341 e. The van der Waals surface area contributed by atoms with Crippen LogP contribution in [0.4, 0.5) is 24.5 Å². The molecule has 12 heteroatoms. The van der Waals surface area contributed by atoms with Gasteiger partial charge >= 0.3 is 5.97 Å². The molecule has 1 amide bonds. The van der Waals surface area contributed by atoms with Crippen molar-refractivity contribution < 1.29 is 27.5 Å². The van der Waals surface area contributed by atoms with Crippen molar-refractivity contribution in [3.8, 4) is 11.1 Å². The van der Waals surface area contributed by atoms with E-state index in [1.54, 1.807) is 11.8 Å². The minimum Gasteiger partial charge on any atom is -0.462 e. The van der Waals surface area contributed by atoms with Gasteiger partial charge in [-0.2, -0.15) is 5.10 Å². The molecule has 3 aromatic rings. The molecule has 1 saturated carbocycles. The highest BCUT2D eigenvalue weighted by molar-refractivity contribution is 6.31. The number of benzene rings is 2. The topological polar surface area (TPSA) is 70.9 Å². The normalized spacial score (nSPS) is 22.0. The zero-order valence-corrected chi connectivity index (χ0v) is 25.2. The van der Waals surface area contributed by atoms with E-state index in [0.717, 1.165) is 28.9 Å². The van der Waals surface area contributed by atoms with E-state index in [0.29, 0.717) is 57.1 Å². The van der Waals surface area contributed by atoms with E-state index in [1.165, 1.54) is 10.9 Å². The molecule has 234 valence electrons. The summed E-state index contributed by atoms with van der Waals surface area (Å²) in [6.07, 6.45) is -0.952. The molecule has 6 rings (SSSR count). The van der Waals surface area contributed by atoms with Crippen molar-refractivity contribution in [2.24, 2.45) is 5.92 Å². The number of aromatic nitrogens is 2. The van der Waals surface area contributed by atoms with Gasteiger partial charge in [0, 0.05) is 61.2 Å². The molecule has 0 spiro atoms. The van der Waals surface area contributed by atoms with Crippen molar-refractivity contribution in [2.75, 3.05) is 55.7 Å². The fraction of sp³-hybridized carbons (Fsp3) is 0.469. The monoisotopic (exact) mass is 629 g/mol. The Hall–Kier alpha value is -3.73. The summed E-state index contributed by atoms with van der Waals surface area (Å²) >= 11 is 6.45. The average molecular weight is 630 g/mol. The number of alkyl halides is 3. The second kappa shape index (κ2) is 12.7. The van der Waals surface area contributed by atoms with Gasteiger partial charge in [-0.25, -0.2) is 18.0 Å². The number of rotatable bonds is 8. The number of hydrogen-bond acceptors (Lipinski definition) is 6. The lowest BCUT2D eigenvalue weighted by atomic mass is 9.99. The number of ether oxygens (including phenoxy) is 1. The van der Waals surface area contributed by atoms with Gasteiger partial charge < -0.3 is 19.4 Å². The maximum atomic E-state index is 14.2. The van der Waals surface area contributed by atoms with Crippen LogP contribution in [0.2, 0.25) is 5.02 Å². The maximum Gasteiger partial charge on any atom is 0.341 e. The largest absolute Gasteiger partial charge is 0.462 e. The predicted molar refractivity (Wildman–Crippen MR) is 162 cm³/mol. The first-order valence-corrected chi connectivity index (χ1v) is 15.5. The van der Waals surface area contributed by atoms with Crippen LogP contribution in [0, 0.1) is 5.92 Å². The van der Waals surface area contributed by atoms with Gasteiger partial charge in [-0.15, -0.1) is 0 Å². The van der Waals surface area contributed by atoms with E-state index in [1.807, 2.05) is 30.3 Å².